The number of carbonyl (C=O) groups is 2. The van der Waals surface area contributed by atoms with Gasteiger partial charge in [-0.2, -0.15) is 0 Å². The number of aryl methyl sites for hydroxylation is 1. The molecule has 3 fully saturated rings. The van der Waals surface area contributed by atoms with Crippen LogP contribution in [0.25, 0.3) is 0 Å². The number of anilines is 1. The van der Waals surface area contributed by atoms with Crippen molar-refractivity contribution in [1.29, 1.82) is 0 Å². The van der Waals surface area contributed by atoms with E-state index >= 15 is 0 Å². The molecule has 1 atom stereocenters. The number of hydrogen-bond acceptors (Lipinski definition) is 4. The van der Waals surface area contributed by atoms with E-state index in [1.807, 2.05) is 0 Å². The van der Waals surface area contributed by atoms with Crippen LogP contribution in [0.5, 0.6) is 0 Å². The molecule has 6 heteroatoms. The van der Waals surface area contributed by atoms with Gasteiger partial charge < -0.3 is 14.7 Å². The third kappa shape index (κ3) is 3.81. The zero-order valence-corrected chi connectivity index (χ0v) is 16.3. The number of piperazine rings is 2. The number of para-hydroxylation sites is 1. The van der Waals surface area contributed by atoms with E-state index in [4.69, 9.17) is 0 Å². The average Bonchev–Trinajstić information content (AvgIpc) is 3.18. The van der Waals surface area contributed by atoms with Crippen LogP contribution < -0.4 is 4.90 Å². The van der Waals surface area contributed by atoms with Crippen LogP contribution in [0, 0.1) is 6.92 Å². The van der Waals surface area contributed by atoms with Gasteiger partial charge in [-0.3, -0.25) is 14.5 Å². The highest BCUT2D eigenvalue weighted by Crippen LogP contribution is 2.24. The lowest BCUT2D eigenvalue weighted by atomic mass is 10.1. The Morgan fingerprint density at radius 2 is 1.78 bits per heavy atom. The minimum absolute atomic E-state index is 0.129. The molecule has 4 rings (SSSR count). The Labute approximate surface area is 161 Å². The predicted octanol–water partition coefficient (Wildman–Crippen LogP) is 1.34. The molecule has 3 heterocycles. The Bertz CT molecular complexity index is 699. The van der Waals surface area contributed by atoms with Crippen LogP contribution in [0.4, 0.5) is 5.69 Å². The fourth-order valence-corrected chi connectivity index (χ4v) is 4.67. The highest BCUT2D eigenvalue weighted by molar-refractivity contribution is 5.95. The standard InChI is InChI=1S/C21H30N4O2/c1-17-6-2-3-7-18(17)23-14-12-22(13-15-23)9-5-10-24-16-20(26)25-11-4-8-19(25)21(24)27/h2-3,6-7,19H,4-5,8-16H2,1H3. The van der Waals surface area contributed by atoms with E-state index in [0.29, 0.717) is 6.54 Å². The summed E-state index contributed by atoms with van der Waals surface area (Å²) in [6.07, 6.45) is 2.74. The minimum atomic E-state index is -0.177. The van der Waals surface area contributed by atoms with E-state index in [-0.39, 0.29) is 24.4 Å². The summed E-state index contributed by atoms with van der Waals surface area (Å²) in [5.41, 5.74) is 2.68. The number of rotatable bonds is 5. The molecule has 1 aromatic carbocycles. The van der Waals surface area contributed by atoms with Crippen molar-refractivity contribution in [2.75, 3.05) is 57.3 Å². The maximum absolute atomic E-state index is 12.6. The van der Waals surface area contributed by atoms with Crippen molar-refractivity contribution in [1.82, 2.24) is 14.7 Å². The largest absolute Gasteiger partial charge is 0.369 e. The van der Waals surface area contributed by atoms with Gasteiger partial charge in [-0.15, -0.1) is 0 Å². The molecule has 3 aliphatic heterocycles. The van der Waals surface area contributed by atoms with Crippen LogP contribution in [0.3, 0.4) is 0 Å². The van der Waals surface area contributed by atoms with Crippen molar-refractivity contribution in [3.05, 3.63) is 29.8 Å². The van der Waals surface area contributed by atoms with E-state index in [2.05, 4.69) is 41.0 Å². The summed E-state index contributed by atoms with van der Waals surface area (Å²) in [5, 5.41) is 0. The van der Waals surface area contributed by atoms with Crippen LogP contribution in [0.2, 0.25) is 0 Å². The van der Waals surface area contributed by atoms with Crippen molar-refractivity contribution < 1.29 is 9.59 Å². The lowest BCUT2D eigenvalue weighted by molar-refractivity contribution is -0.153. The van der Waals surface area contributed by atoms with Crippen LogP contribution in [0.15, 0.2) is 24.3 Å². The molecule has 0 saturated carbocycles. The Morgan fingerprint density at radius 1 is 1.00 bits per heavy atom. The van der Waals surface area contributed by atoms with Crippen molar-refractivity contribution in [2.24, 2.45) is 0 Å². The lowest BCUT2D eigenvalue weighted by Crippen LogP contribution is -2.57. The Kier molecular flexibility index (Phi) is 5.34. The maximum Gasteiger partial charge on any atom is 0.245 e. The van der Waals surface area contributed by atoms with E-state index in [9.17, 15) is 9.59 Å². The maximum atomic E-state index is 12.6. The van der Waals surface area contributed by atoms with Crippen molar-refractivity contribution in [3.8, 4) is 0 Å². The fourth-order valence-electron chi connectivity index (χ4n) is 4.67. The zero-order chi connectivity index (χ0) is 18.8. The SMILES string of the molecule is Cc1ccccc1N1CCN(CCCN2CC(=O)N3CCCC3C2=O)CC1. The monoisotopic (exact) mass is 370 g/mol. The Balaban J connectivity index is 1.22. The summed E-state index contributed by atoms with van der Waals surface area (Å²) in [6, 6.07) is 8.40. The Hall–Kier alpha value is -2.08. The second-order valence-corrected chi connectivity index (χ2v) is 7.97. The van der Waals surface area contributed by atoms with E-state index < -0.39 is 0 Å². The molecule has 0 aliphatic carbocycles. The number of carbonyl (C=O) groups excluding carboxylic acids is 2. The molecule has 6 nitrogen and oxygen atoms in total. The van der Waals surface area contributed by atoms with Gasteiger partial charge in [-0.1, -0.05) is 18.2 Å². The lowest BCUT2D eigenvalue weighted by Gasteiger charge is -2.38. The van der Waals surface area contributed by atoms with E-state index in [1.165, 1.54) is 11.3 Å². The highest BCUT2D eigenvalue weighted by atomic mass is 16.2. The molecule has 0 spiro atoms. The summed E-state index contributed by atoms with van der Waals surface area (Å²) < 4.78 is 0. The number of fused-ring (bicyclic) bond motifs is 1. The Morgan fingerprint density at radius 3 is 2.56 bits per heavy atom. The number of benzene rings is 1. The second-order valence-electron chi connectivity index (χ2n) is 7.97. The molecule has 1 unspecified atom stereocenters. The van der Waals surface area contributed by atoms with Crippen LogP contribution in [0.1, 0.15) is 24.8 Å². The van der Waals surface area contributed by atoms with Gasteiger partial charge in [0.15, 0.2) is 0 Å². The van der Waals surface area contributed by atoms with Crippen LogP contribution in [-0.4, -0.2) is 84.9 Å². The first-order valence-corrected chi connectivity index (χ1v) is 10.2. The molecule has 0 N–H and O–H groups in total. The molecule has 1 aromatic rings. The van der Waals surface area contributed by atoms with Gasteiger partial charge >= 0.3 is 0 Å². The topological polar surface area (TPSA) is 47.1 Å². The number of amides is 2. The first-order valence-electron chi connectivity index (χ1n) is 10.2. The van der Waals surface area contributed by atoms with Gasteiger partial charge in [0.1, 0.15) is 6.04 Å². The van der Waals surface area contributed by atoms with Crippen molar-refractivity contribution in [3.63, 3.8) is 0 Å². The normalized spacial score (nSPS) is 23.9. The molecule has 2 amide bonds. The predicted molar refractivity (Wildman–Crippen MR) is 106 cm³/mol. The third-order valence-electron chi connectivity index (χ3n) is 6.23. The van der Waals surface area contributed by atoms with Crippen molar-refractivity contribution in [2.45, 2.75) is 32.2 Å². The summed E-state index contributed by atoms with van der Waals surface area (Å²) in [6.45, 7) is 9.09. The van der Waals surface area contributed by atoms with Gasteiger partial charge in [-0.05, 0) is 44.4 Å². The molecule has 0 radical (unpaired) electrons. The molecule has 0 aromatic heterocycles. The second kappa shape index (κ2) is 7.89. The van der Waals surface area contributed by atoms with Gasteiger partial charge in [-0.25, -0.2) is 0 Å². The third-order valence-corrected chi connectivity index (χ3v) is 6.23. The van der Waals surface area contributed by atoms with Crippen molar-refractivity contribution >= 4 is 17.5 Å². The van der Waals surface area contributed by atoms with Gasteiger partial charge in [0, 0.05) is 45.0 Å². The van der Waals surface area contributed by atoms with Gasteiger partial charge in [0.2, 0.25) is 11.8 Å². The van der Waals surface area contributed by atoms with Gasteiger partial charge in [0.05, 0.1) is 6.54 Å². The first kappa shape index (κ1) is 18.3. The average molecular weight is 370 g/mol. The van der Waals surface area contributed by atoms with Gasteiger partial charge in [0.25, 0.3) is 0 Å². The highest BCUT2D eigenvalue weighted by Gasteiger charge is 2.41. The zero-order valence-electron chi connectivity index (χ0n) is 16.3. The molecule has 146 valence electrons. The summed E-state index contributed by atoms with van der Waals surface area (Å²) in [5.74, 6) is 0.292. The van der Waals surface area contributed by atoms with E-state index in [0.717, 1.165) is 58.5 Å². The number of hydrogen-bond donors (Lipinski definition) is 0. The molecule has 27 heavy (non-hydrogen) atoms. The smallest absolute Gasteiger partial charge is 0.245 e. The quantitative estimate of drug-likeness (QED) is 0.785. The molecular formula is C21H30N4O2. The minimum Gasteiger partial charge on any atom is -0.369 e. The molecule has 0 bridgehead atoms. The molecular weight excluding hydrogens is 340 g/mol. The molecule has 3 saturated heterocycles. The fraction of sp³-hybridized carbons (Fsp3) is 0.619. The van der Waals surface area contributed by atoms with Crippen LogP contribution in [-0.2, 0) is 9.59 Å². The van der Waals surface area contributed by atoms with Crippen LogP contribution >= 0.6 is 0 Å². The van der Waals surface area contributed by atoms with E-state index in [1.54, 1.807) is 9.80 Å². The summed E-state index contributed by atoms with van der Waals surface area (Å²) in [4.78, 5) is 33.3. The first-order chi connectivity index (χ1) is 13.1. The summed E-state index contributed by atoms with van der Waals surface area (Å²) >= 11 is 0. The summed E-state index contributed by atoms with van der Waals surface area (Å²) in [7, 11) is 0. The molecule has 3 aliphatic rings. The number of nitrogens with zero attached hydrogens (tertiary/aromatic N) is 4.